The predicted octanol–water partition coefficient (Wildman–Crippen LogP) is 2.16. The second kappa shape index (κ2) is 3.90. The summed E-state index contributed by atoms with van der Waals surface area (Å²) in [6, 6.07) is 8.45. The van der Waals surface area contributed by atoms with Crippen molar-refractivity contribution in [2.45, 2.75) is 0 Å². The largest absolute Gasteiger partial charge is 0.475 e. The van der Waals surface area contributed by atoms with Crippen LogP contribution >= 0.6 is 11.6 Å². The van der Waals surface area contributed by atoms with E-state index in [1.54, 1.807) is 24.3 Å². The SMILES string of the molecule is O=C(O)C(=O)c1cc2ccccc2nc1Cl. The van der Waals surface area contributed by atoms with Gasteiger partial charge >= 0.3 is 5.97 Å². The monoisotopic (exact) mass is 235 g/mol. The maximum absolute atomic E-state index is 11.3. The van der Waals surface area contributed by atoms with Crippen LogP contribution in [0.5, 0.6) is 0 Å². The fourth-order valence-electron chi connectivity index (χ4n) is 1.37. The first-order valence-electron chi connectivity index (χ1n) is 4.42. The van der Waals surface area contributed by atoms with Crippen LogP contribution < -0.4 is 0 Å². The Morgan fingerprint density at radius 2 is 1.94 bits per heavy atom. The lowest BCUT2D eigenvalue weighted by Gasteiger charge is -2.02. The molecular weight excluding hydrogens is 230 g/mol. The zero-order valence-electron chi connectivity index (χ0n) is 7.98. The lowest BCUT2D eigenvalue weighted by atomic mass is 10.1. The highest BCUT2D eigenvalue weighted by molar-refractivity contribution is 6.44. The van der Waals surface area contributed by atoms with Crippen molar-refractivity contribution < 1.29 is 14.7 Å². The number of pyridine rings is 1. The molecular formula is C11H6ClNO3. The molecule has 16 heavy (non-hydrogen) atoms. The average Bonchev–Trinajstić information content (AvgIpc) is 2.27. The number of Topliss-reactive ketones (excluding diaryl/α,β-unsaturated/α-hetero) is 1. The number of carboxylic acid groups (broad SMARTS) is 1. The van der Waals surface area contributed by atoms with E-state index in [2.05, 4.69) is 4.98 Å². The van der Waals surface area contributed by atoms with Crippen LogP contribution in [0.2, 0.25) is 5.15 Å². The zero-order valence-corrected chi connectivity index (χ0v) is 8.73. The molecule has 2 aromatic rings. The van der Waals surface area contributed by atoms with Gasteiger partial charge in [-0.25, -0.2) is 9.78 Å². The predicted molar refractivity (Wildman–Crippen MR) is 58.7 cm³/mol. The molecule has 0 unspecified atom stereocenters. The summed E-state index contributed by atoms with van der Waals surface area (Å²) >= 11 is 5.75. The molecule has 0 saturated heterocycles. The fourth-order valence-corrected chi connectivity index (χ4v) is 1.60. The molecule has 1 aromatic heterocycles. The van der Waals surface area contributed by atoms with Crippen LogP contribution in [0, 0.1) is 0 Å². The molecule has 0 bridgehead atoms. The Kier molecular flexibility index (Phi) is 2.58. The summed E-state index contributed by atoms with van der Waals surface area (Å²) in [5, 5.41) is 9.18. The number of nitrogens with zero attached hydrogens (tertiary/aromatic N) is 1. The number of aromatic nitrogens is 1. The van der Waals surface area contributed by atoms with E-state index in [1.807, 2.05) is 0 Å². The third kappa shape index (κ3) is 1.75. The number of fused-ring (bicyclic) bond motifs is 1. The van der Waals surface area contributed by atoms with Crippen LogP contribution in [0.1, 0.15) is 10.4 Å². The van der Waals surface area contributed by atoms with Crippen LogP contribution in [-0.4, -0.2) is 21.8 Å². The van der Waals surface area contributed by atoms with Gasteiger partial charge in [-0.1, -0.05) is 29.8 Å². The fraction of sp³-hybridized carbons (Fsp3) is 0. The summed E-state index contributed by atoms with van der Waals surface area (Å²) in [6.07, 6.45) is 0. The number of carbonyl (C=O) groups excluding carboxylic acids is 1. The molecule has 2 rings (SSSR count). The molecule has 1 aromatic carbocycles. The van der Waals surface area contributed by atoms with Crippen molar-refractivity contribution in [2.24, 2.45) is 0 Å². The van der Waals surface area contributed by atoms with Gasteiger partial charge in [-0.05, 0) is 12.1 Å². The molecule has 5 heteroatoms. The van der Waals surface area contributed by atoms with Gasteiger partial charge in [0.05, 0.1) is 11.1 Å². The highest BCUT2D eigenvalue weighted by Gasteiger charge is 2.19. The number of halogens is 1. The van der Waals surface area contributed by atoms with E-state index in [9.17, 15) is 9.59 Å². The molecule has 1 heterocycles. The van der Waals surface area contributed by atoms with Crippen LogP contribution in [0.3, 0.4) is 0 Å². The molecule has 0 aliphatic carbocycles. The normalized spacial score (nSPS) is 10.3. The minimum absolute atomic E-state index is 0.0899. The van der Waals surface area contributed by atoms with Gasteiger partial charge in [-0.15, -0.1) is 0 Å². The van der Waals surface area contributed by atoms with Crippen LogP contribution in [0.15, 0.2) is 30.3 Å². The maximum atomic E-state index is 11.3. The standard InChI is InChI=1S/C11H6ClNO3/c12-10-7(9(14)11(15)16)5-6-3-1-2-4-8(6)13-10/h1-5H,(H,15,16). The highest BCUT2D eigenvalue weighted by Crippen LogP contribution is 2.20. The summed E-state index contributed by atoms with van der Waals surface area (Å²) in [4.78, 5) is 25.8. The number of carbonyl (C=O) groups is 2. The molecule has 0 spiro atoms. The van der Waals surface area contributed by atoms with E-state index in [0.717, 1.165) is 0 Å². The molecule has 0 aliphatic heterocycles. The van der Waals surface area contributed by atoms with Gasteiger partial charge in [-0.3, -0.25) is 4.79 Å². The zero-order chi connectivity index (χ0) is 11.7. The third-order valence-corrected chi connectivity index (χ3v) is 2.40. The maximum Gasteiger partial charge on any atom is 0.377 e. The number of aliphatic carboxylic acids is 1. The van der Waals surface area contributed by atoms with Crippen molar-refractivity contribution in [2.75, 3.05) is 0 Å². The van der Waals surface area contributed by atoms with Crippen LogP contribution in [0.4, 0.5) is 0 Å². The minimum atomic E-state index is -1.54. The second-order valence-electron chi connectivity index (χ2n) is 3.15. The molecule has 1 N–H and O–H groups in total. The number of hydrogen-bond donors (Lipinski definition) is 1. The first kappa shape index (κ1) is 10.6. The molecule has 4 nitrogen and oxygen atoms in total. The number of para-hydroxylation sites is 1. The Morgan fingerprint density at radius 1 is 1.25 bits per heavy atom. The average molecular weight is 236 g/mol. The van der Waals surface area contributed by atoms with Crippen molar-refractivity contribution in [3.05, 3.63) is 41.0 Å². The van der Waals surface area contributed by atoms with Crippen molar-refractivity contribution in [3.8, 4) is 0 Å². The summed E-state index contributed by atoms with van der Waals surface area (Å²) < 4.78 is 0. The topological polar surface area (TPSA) is 67.3 Å². The number of rotatable bonds is 2. The van der Waals surface area contributed by atoms with Crippen molar-refractivity contribution in [1.29, 1.82) is 0 Å². The van der Waals surface area contributed by atoms with Gasteiger partial charge < -0.3 is 5.11 Å². The third-order valence-electron chi connectivity index (χ3n) is 2.12. The molecule has 80 valence electrons. The van der Waals surface area contributed by atoms with Crippen LogP contribution in [-0.2, 0) is 4.79 Å². The summed E-state index contributed by atoms with van der Waals surface area (Å²) in [5.41, 5.74) is 0.530. The van der Waals surface area contributed by atoms with E-state index in [-0.39, 0.29) is 10.7 Å². The Hall–Kier alpha value is -1.94. The Morgan fingerprint density at radius 3 is 2.62 bits per heavy atom. The lowest BCUT2D eigenvalue weighted by Crippen LogP contribution is -2.13. The summed E-state index contributed by atoms with van der Waals surface area (Å²) in [6.45, 7) is 0. The molecule has 0 aliphatic rings. The smallest absolute Gasteiger partial charge is 0.377 e. The highest BCUT2D eigenvalue weighted by atomic mass is 35.5. The second-order valence-corrected chi connectivity index (χ2v) is 3.51. The molecule has 0 saturated carbocycles. The Labute approximate surface area is 95.5 Å². The first-order valence-corrected chi connectivity index (χ1v) is 4.80. The number of carboxylic acids is 1. The summed E-state index contributed by atoms with van der Waals surface area (Å²) in [5.74, 6) is -2.60. The number of ketones is 1. The molecule has 0 fully saturated rings. The van der Waals surface area contributed by atoms with Gasteiger partial charge in [0, 0.05) is 5.39 Å². The van der Waals surface area contributed by atoms with Crippen molar-refractivity contribution >= 4 is 34.3 Å². The first-order chi connectivity index (χ1) is 7.59. The Bertz CT molecular complexity index is 595. The summed E-state index contributed by atoms with van der Waals surface area (Å²) in [7, 11) is 0. The van der Waals surface area contributed by atoms with Gasteiger partial charge in [0.1, 0.15) is 5.15 Å². The van der Waals surface area contributed by atoms with E-state index in [0.29, 0.717) is 10.9 Å². The molecule has 0 atom stereocenters. The van der Waals surface area contributed by atoms with E-state index >= 15 is 0 Å². The van der Waals surface area contributed by atoms with Crippen molar-refractivity contribution in [3.63, 3.8) is 0 Å². The van der Waals surface area contributed by atoms with Crippen LogP contribution in [0.25, 0.3) is 10.9 Å². The van der Waals surface area contributed by atoms with Gasteiger partial charge in [0.25, 0.3) is 5.78 Å². The minimum Gasteiger partial charge on any atom is -0.475 e. The van der Waals surface area contributed by atoms with E-state index < -0.39 is 11.8 Å². The van der Waals surface area contributed by atoms with Gasteiger partial charge in [0.15, 0.2) is 0 Å². The van der Waals surface area contributed by atoms with Gasteiger partial charge in [0.2, 0.25) is 0 Å². The van der Waals surface area contributed by atoms with Crippen molar-refractivity contribution in [1.82, 2.24) is 4.98 Å². The number of hydrogen-bond acceptors (Lipinski definition) is 3. The Balaban J connectivity index is 2.67. The van der Waals surface area contributed by atoms with Gasteiger partial charge in [-0.2, -0.15) is 0 Å². The molecule has 0 radical (unpaired) electrons. The molecule has 0 amide bonds. The lowest BCUT2D eigenvalue weighted by molar-refractivity contribution is -0.131. The quantitative estimate of drug-likeness (QED) is 0.492. The van der Waals surface area contributed by atoms with E-state index in [4.69, 9.17) is 16.7 Å². The number of benzene rings is 1. The van der Waals surface area contributed by atoms with E-state index in [1.165, 1.54) is 6.07 Å².